The normalized spacial score (nSPS) is 10.9. The lowest BCUT2D eigenvalue weighted by molar-refractivity contribution is -0.384. The average molecular weight is 323 g/mol. The van der Waals surface area contributed by atoms with Crippen LogP contribution >= 0.6 is 0 Å². The van der Waals surface area contributed by atoms with Gasteiger partial charge in [0.1, 0.15) is 5.60 Å². The number of rotatable bonds is 7. The molecule has 0 amide bonds. The number of hydrogen-bond donors (Lipinski definition) is 0. The third kappa shape index (κ3) is 7.39. The van der Waals surface area contributed by atoms with E-state index in [9.17, 15) is 19.7 Å². The van der Waals surface area contributed by atoms with E-state index in [0.717, 1.165) is 0 Å². The summed E-state index contributed by atoms with van der Waals surface area (Å²) in [5, 5.41) is 10.5. The van der Waals surface area contributed by atoms with Gasteiger partial charge in [-0.25, -0.2) is 4.79 Å². The topological polar surface area (TPSA) is 95.7 Å². The number of nitro groups is 1. The van der Waals surface area contributed by atoms with Crippen LogP contribution in [0.2, 0.25) is 0 Å². The lowest BCUT2D eigenvalue weighted by Crippen LogP contribution is -2.23. The van der Waals surface area contributed by atoms with E-state index in [1.807, 2.05) is 0 Å². The molecule has 0 fully saturated rings. The van der Waals surface area contributed by atoms with E-state index in [1.54, 1.807) is 20.8 Å². The van der Waals surface area contributed by atoms with Crippen molar-refractivity contribution in [2.75, 3.05) is 6.61 Å². The summed E-state index contributed by atoms with van der Waals surface area (Å²) in [6.45, 7) is 5.59. The van der Waals surface area contributed by atoms with Crippen molar-refractivity contribution in [3.8, 4) is 0 Å². The van der Waals surface area contributed by atoms with Gasteiger partial charge >= 0.3 is 11.9 Å². The van der Waals surface area contributed by atoms with Crippen LogP contribution in [0.25, 0.3) is 0 Å². The zero-order valence-corrected chi connectivity index (χ0v) is 13.5. The molecule has 7 heteroatoms. The smallest absolute Gasteiger partial charge is 0.338 e. The van der Waals surface area contributed by atoms with Crippen LogP contribution in [0.15, 0.2) is 24.3 Å². The highest BCUT2D eigenvalue weighted by Crippen LogP contribution is 2.13. The van der Waals surface area contributed by atoms with Crippen molar-refractivity contribution in [3.05, 3.63) is 39.9 Å². The molecule has 126 valence electrons. The fourth-order valence-electron chi connectivity index (χ4n) is 1.73. The van der Waals surface area contributed by atoms with Gasteiger partial charge in [0.05, 0.1) is 17.1 Å². The number of unbranched alkanes of at least 4 members (excludes halogenated alkanes) is 1. The molecule has 1 aromatic carbocycles. The fourth-order valence-corrected chi connectivity index (χ4v) is 1.73. The first-order chi connectivity index (χ1) is 10.7. The van der Waals surface area contributed by atoms with Gasteiger partial charge in [0, 0.05) is 18.6 Å². The first-order valence-corrected chi connectivity index (χ1v) is 7.32. The third-order valence-corrected chi connectivity index (χ3v) is 2.74. The first kappa shape index (κ1) is 18.6. The minimum Gasteiger partial charge on any atom is -0.462 e. The van der Waals surface area contributed by atoms with Gasteiger partial charge in [0.25, 0.3) is 5.69 Å². The lowest BCUT2D eigenvalue weighted by atomic mass is 10.2. The molecular formula is C16H21NO6. The average Bonchev–Trinajstić information content (AvgIpc) is 2.45. The maximum atomic E-state index is 11.7. The van der Waals surface area contributed by atoms with Gasteiger partial charge in [-0.1, -0.05) is 0 Å². The van der Waals surface area contributed by atoms with Crippen LogP contribution < -0.4 is 0 Å². The van der Waals surface area contributed by atoms with Gasteiger partial charge in [-0.3, -0.25) is 14.9 Å². The molecule has 0 bridgehead atoms. The van der Waals surface area contributed by atoms with Crippen molar-refractivity contribution < 1.29 is 24.0 Å². The standard InChI is InChI=1S/C16H21NO6/c1-16(2,3)23-14(18)6-4-5-11-22-15(19)12-7-9-13(10-8-12)17(20)21/h7-10H,4-6,11H2,1-3H3. The van der Waals surface area contributed by atoms with Crippen LogP contribution in [0.5, 0.6) is 0 Å². The van der Waals surface area contributed by atoms with E-state index in [2.05, 4.69) is 0 Å². The number of benzene rings is 1. The second kappa shape index (κ2) is 8.26. The second-order valence-corrected chi connectivity index (χ2v) is 5.98. The number of nitro benzene ring substituents is 1. The summed E-state index contributed by atoms with van der Waals surface area (Å²) in [4.78, 5) is 33.2. The van der Waals surface area contributed by atoms with Crippen molar-refractivity contribution in [2.45, 2.75) is 45.6 Å². The molecule has 0 saturated carbocycles. The van der Waals surface area contributed by atoms with Crippen LogP contribution in [0.3, 0.4) is 0 Å². The van der Waals surface area contributed by atoms with Gasteiger partial charge in [0.2, 0.25) is 0 Å². The monoisotopic (exact) mass is 323 g/mol. The van der Waals surface area contributed by atoms with Gasteiger partial charge in [-0.05, 0) is 45.7 Å². The molecule has 0 saturated heterocycles. The summed E-state index contributed by atoms with van der Waals surface area (Å²) >= 11 is 0. The highest BCUT2D eigenvalue weighted by molar-refractivity contribution is 5.89. The van der Waals surface area contributed by atoms with Gasteiger partial charge < -0.3 is 9.47 Å². The summed E-state index contributed by atoms with van der Waals surface area (Å²) in [5.41, 5.74) is -0.332. The van der Waals surface area contributed by atoms with Crippen molar-refractivity contribution in [1.82, 2.24) is 0 Å². The molecule has 1 aromatic rings. The molecular weight excluding hydrogens is 302 g/mol. The number of carbonyl (C=O) groups is 2. The molecule has 0 radical (unpaired) electrons. The number of nitrogens with zero attached hydrogens (tertiary/aromatic N) is 1. The Morgan fingerprint density at radius 2 is 1.74 bits per heavy atom. The molecule has 0 N–H and O–H groups in total. The fraction of sp³-hybridized carbons (Fsp3) is 0.500. The van der Waals surface area contributed by atoms with E-state index in [1.165, 1.54) is 24.3 Å². The Hall–Kier alpha value is -2.44. The number of ether oxygens (including phenoxy) is 2. The Morgan fingerprint density at radius 1 is 1.13 bits per heavy atom. The van der Waals surface area contributed by atoms with Crippen molar-refractivity contribution >= 4 is 17.6 Å². The summed E-state index contributed by atoms with van der Waals surface area (Å²) in [6.07, 6.45) is 1.37. The van der Waals surface area contributed by atoms with E-state index in [-0.39, 0.29) is 30.2 Å². The zero-order chi connectivity index (χ0) is 17.5. The van der Waals surface area contributed by atoms with E-state index in [4.69, 9.17) is 9.47 Å². The molecule has 23 heavy (non-hydrogen) atoms. The van der Waals surface area contributed by atoms with E-state index in [0.29, 0.717) is 12.8 Å². The predicted octanol–water partition coefficient (Wildman–Crippen LogP) is 3.26. The summed E-state index contributed by atoms with van der Waals surface area (Å²) in [7, 11) is 0. The molecule has 0 aliphatic rings. The Labute approximate surface area is 134 Å². The SMILES string of the molecule is CC(C)(C)OC(=O)CCCCOC(=O)c1ccc([N+](=O)[O-])cc1. The van der Waals surface area contributed by atoms with Crippen LogP contribution in [-0.4, -0.2) is 29.1 Å². The molecule has 0 atom stereocenters. The number of non-ortho nitro benzene ring substituents is 1. The summed E-state index contributed by atoms with van der Waals surface area (Å²) in [5.74, 6) is -0.823. The van der Waals surface area contributed by atoms with Crippen molar-refractivity contribution in [3.63, 3.8) is 0 Å². The molecule has 0 spiro atoms. The molecule has 1 rings (SSSR count). The van der Waals surface area contributed by atoms with Crippen molar-refractivity contribution in [2.24, 2.45) is 0 Å². The Kier molecular flexibility index (Phi) is 6.68. The molecule has 0 aliphatic carbocycles. The Balaban J connectivity index is 2.26. The maximum Gasteiger partial charge on any atom is 0.338 e. The number of esters is 2. The highest BCUT2D eigenvalue weighted by atomic mass is 16.6. The lowest BCUT2D eigenvalue weighted by Gasteiger charge is -2.19. The van der Waals surface area contributed by atoms with Crippen molar-refractivity contribution in [1.29, 1.82) is 0 Å². The van der Waals surface area contributed by atoms with Gasteiger partial charge in [-0.15, -0.1) is 0 Å². The third-order valence-electron chi connectivity index (χ3n) is 2.74. The molecule has 0 aliphatic heterocycles. The molecule has 7 nitrogen and oxygen atoms in total. The molecule has 0 unspecified atom stereocenters. The Morgan fingerprint density at radius 3 is 2.26 bits per heavy atom. The minimum absolute atomic E-state index is 0.0843. The molecule has 0 heterocycles. The summed E-state index contributed by atoms with van der Waals surface area (Å²) in [6, 6.07) is 5.19. The highest BCUT2D eigenvalue weighted by Gasteiger charge is 2.15. The second-order valence-electron chi connectivity index (χ2n) is 5.98. The Bertz CT molecular complexity index is 559. The number of hydrogen-bond acceptors (Lipinski definition) is 6. The maximum absolute atomic E-state index is 11.7. The minimum atomic E-state index is -0.544. The quantitative estimate of drug-likeness (QED) is 0.331. The zero-order valence-electron chi connectivity index (χ0n) is 13.5. The van der Waals surface area contributed by atoms with Crippen LogP contribution in [-0.2, 0) is 14.3 Å². The largest absolute Gasteiger partial charge is 0.462 e. The van der Waals surface area contributed by atoms with Crippen LogP contribution in [0, 0.1) is 10.1 Å². The number of carbonyl (C=O) groups excluding carboxylic acids is 2. The molecule has 0 aromatic heterocycles. The van der Waals surface area contributed by atoms with E-state index >= 15 is 0 Å². The predicted molar refractivity (Wildman–Crippen MR) is 83.1 cm³/mol. The van der Waals surface area contributed by atoms with Gasteiger partial charge in [0.15, 0.2) is 0 Å². The summed E-state index contributed by atoms with van der Waals surface area (Å²) < 4.78 is 10.2. The van der Waals surface area contributed by atoms with Gasteiger partial charge in [-0.2, -0.15) is 0 Å². The first-order valence-electron chi connectivity index (χ1n) is 7.32. The van der Waals surface area contributed by atoms with Crippen LogP contribution in [0.1, 0.15) is 50.4 Å². The van der Waals surface area contributed by atoms with E-state index < -0.39 is 16.5 Å². The van der Waals surface area contributed by atoms with Crippen LogP contribution in [0.4, 0.5) is 5.69 Å².